The maximum Gasteiger partial charge on any atom is 0.241 e. The van der Waals surface area contributed by atoms with Crippen LogP contribution in [0.4, 0.5) is 11.4 Å². The van der Waals surface area contributed by atoms with E-state index >= 15 is 0 Å². The van der Waals surface area contributed by atoms with Gasteiger partial charge in [0.25, 0.3) is 0 Å². The summed E-state index contributed by atoms with van der Waals surface area (Å²) in [4.78, 5) is 14.4. The van der Waals surface area contributed by atoms with Gasteiger partial charge in [0.05, 0.1) is 25.4 Å². The molecule has 0 aromatic heterocycles. The molecule has 0 saturated heterocycles. The molecule has 1 aromatic rings. The Morgan fingerprint density at radius 2 is 2.14 bits per heavy atom. The summed E-state index contributed by atoms with van der Waals surface area (Å²) in [5.74, 6) is 0.488. The number of carbonyl (C=O) groups is 1. The Kier molecular flexibility index (Phi) is 6.98. The van der Waals surface area contributed by atoms with E-state index in [4.69, 9.17) is 15.2 Å². The van der Waals surface area contributed by atoms with E-state index in [9.17, 15) is 4.79 Å². The molecular formula is C15H25N3O3. The standard InChI is InChI=1S/C15H25N3O3/c1-5-18(8-9-20-3)11(2)15(19)17-13-10-12(16)6-7-14(13)21-4/h6-7,10-11H,5,8-9,16H2,1-4H3,(H,17,19). The number of nitrogens with zero attached hydrogens (tertiary/aromatic N) is 1. The van der Waals surface area contributed by atoms with Gasteiger partial charge in [0.1, 0.15) is 5.75 Å². The molecule has 1 aromatic carbocycles. The lowest BCUT2D eigenvalue weighted by molar-refractivity contribution is -0.120. The maximum atomic E-state index is 12.4. The zero-order chi connectivity index (χ0) is 15.8. The first kappa shape index (κ1) is 17.3. The average molecular weight is 295 g/mol. The van der Waals surface area contributed by atoms with E-state index in [1.165, 1.54) is 0 Å². The highest BCUT2D eigenvalue weighted by Gasteiger charge is 2.20. The fourth-order valence-electron chi connectivity index (χ4n) is 2.06. The highest BCUT2D eigenvalue weighted by Crippen LogP contribution is 2.26. The van der Waals surface area contributed by atoms with E-state index in [2.05, 4.69) is 5.32 Å². The second kappa shape index (κ2) is 8.49. The highest BCUT2D eigenvalue weighted by atomic mass is 16.5. The summed E-state index contributed by atoms with van der Waals surface area (Å²) >= 11 is 0. The fourth-order valence-corrected chi connectivity index (χ4v) is 2.06. The predicted octanol–water partition coefficient (Wildman–Crippen LogP) is 1.57. The van der Waals surface area contributed by atoms with Crippen molar-refractivity contribution in [2.24, 2.45) is 0 Å². The van der Waals surface area contributed by atoms with Crippen molar-refractivity contribution in [2.45, 2.75) is 19.9 Å². The number of methoxy groups -OCH3 is 2. The number of nitrogens with two attached hydrogens (primary N) is 1. The van der Waals surface area contributed by atoms with E-state index in [-0.39, 0.29) is 11.9 Å². The maximum absolute atomic E-state index is 12.4. The number of ether oxygens (including phenoxy) is 2. The molecule has 0 fully saturated rings. The molecule has 0 aliphatic heterocycles. The number of rotatable bonds is 8. The van der Waals surface area contributed by atoms with Gasteiger partial charge in [-0.25, -0.2) is 0 Å². The second-order valence-electron chi connectivity index (χ2n) is 4.75. The molecule has 1 amide bonds. The lowest BCUT2D eigenvalue weighted by Gasteiger charge is -2.26. The number of amides is 1. The Labute approximate surface area is 126 Å². The van der Waals surface area contributed by atoms with Gasteiger partial charge in [-0.2, -0.15) is 0 Å². The van der Waals surface area contributed by atoms with Crippen LogP contribution in [0.2, 0.25) is 0 Å². The normalized spacial score (nSPS) is 12.2. The lowest BCUT2D eigenvalue weighted by Crippen LogP contribution is -2.43. The number of anilines is 2. The molecule has 118 valence electrons. The predicted molar refractivity (Wildman–Crippen MR) is 84.6 cm³/mol. The minimum atomic E-state index is -0.267. The fraction of sp³-hybridized carbons (Fsp3) is 0.533. The quantitative estimate of drug-likeness (QED) is 0.712. The molecule has 6 heteroatoms. The van der Waals surface area contributed by atoms with Crippen LogP contribution >= 0.6 is 0 Å². The minimum absolute atomic E-state index is 0.100. The first-order valence-corrected chi connectivity index (χ1v) is 7.00. The third-order valence-electron chi connectivity index (χ3n) is 3.40. The van der Waals surface area contributed by atoms with Crippen molar-refractivity contribution >= 4 is 17.3 Å². The third-order valence-corrected chi connectivity index (χ3v) is 3.40. The van der Waals surface area contributed by atoms with E-state index < -0.39 is 0 Å². The molecule has 6 nitrogen and oxygen atoms in total. The van der Waals surface area contributed by atoms with Gasteiger partial charge in [-0.3, -0.25) is 9.69 Å². The number of nitrogen functional groups attached to an aromatic ring is 1. The third kappa shape index (κ3) is 4.91. The van der Waals surface area contributed by atoms with Crippen molar-refractivity contribution in [1.82, 2.24) is 4.90 Å². The Hall–Kier alpha value is -1.79. The average Bonchev–Trinajstić information content (AvgIpc) is 2.48. The van der Waals surface area contributed by atoms with Crippen LogP contribution in [0.5, 0.6) is 5.75 Å². The molecular weight excluding hydrogens is 270 g/mol. The van der Waals surface area contributed by atoms with Crippen molar-refractivity contribution < 1.29 is 14.3 Å². The van der Waals surface area contributed by atoms with Crippen LogP contribution in [0.3, 0.4) is 0 Å². The monoisotopic (exact) mass is 295 g/mol. The number of carbonyl (C=O) groups excluding carboxylic acids is 1. The van der Waals surface area contributed by atoms with Gasteiger partial charge >= 0.3 is 0 Å². The molecule has 3 N–H and O–H groups in total. The van der Waals surface area contributed by atoms with Crippen molar-refractivity contribution in [2.75, 3.05) is 45.0 Å². The molecule has 0 spiro atoms. The van der Waals surface area contributed by atoms with Crippen molar-refractivity contribution in [3.8, 4) is 5.75 Å². The van der Waals surface area contributed by atoms with Gasteiger partial charge < -0.3 is 20.5 Å². The number of hydrogen-bond donors (Lipinski definition) is 2. The molecule has 0 saturated carbocycles. The molecule has 0 aliphatic carbocycles. The van der Waals surface area contributed by atoms with Crippen LogP contribution in [0.15, 0.2) is 18.2 Å². The van der Waals surface area contributed by atoms with Crippen LogP contribution in [0, 0.1) is 0 Å². The molecule has 21 heavy (non-hydrogen) atoms. The van der Waals surface area contributed by atoms with Crippen LogP contribution < -0.4 is 15.8 Å². The van der Waals surface area contributed by atoms with Crippen LogP contribution in [0.1, 0.15) is 13.8 Å². The Balaban J connectivity index is 2.77. The Bertz CT molecular complexity index is 465. The van der Waals surface area contributed by atoms with E-state index in [0.717, 1.165) is 6.54 Å². The van der Waals surface area contributed by atoms with E-state index in [1.807, 2.05) is 18.7 Å². The van der Waals surface area contributed by atoms with Gasteiger partial charge in [0, 0.05) is 19.3 Å². The molecule has 0 radical (unpaired) electrons. The molecule has 0 aliphatic rings. The van der Waals surface area contributed by atoms with Gasteiger partial charge in [-0.15, -0.1) is 0 Å². The summed E-state index contributed by atoms with van der Waals surface area (Å²) in [5, 5.41) is 2.87. The molecule has 1 unspecified atom stereocenters. The summed E-state index contributed by atoms with van der Waals surface area (Å²) in [6, 6.07) is 4.89. The number of benzene rings is 1. The van der Waals surface area contributed by atoms with Gasteiger partial charge in [-0.05, 0) is 31.7 Å². The molecule has 0 heterocycles. The number of likely N-dealkylation sites (N-methyl/N-ethyl adjacent to an activating group) is 1. The molecule has 1 rings (SSSR count). The van der Waals surface area contributed by atoms with Crippen molar-refractivity contribution in [3.63, 3.8) is 0 Å². The summed E-state index contributed by atoms with van der Waals surface area (Å²) in [7, 11) is 3.21. The second-order valence-corrected chi connectivity index (χ2v) is 4.75. The first-order valence-electron chi connectivity index (χ1n) is 7.00. The van der Waals surface area contributed by atoms with Gasteiger partial charge in [0.2, 0.25) is 5.91 Å². The van der Waals surface area contributed by atoms with E-state index in [1.54, 1.807) is 32.4 Å². The van der Waals surface area contributed by atoms with Crippen LogP contribution in [-0.2, 0) is 9.53 Å². The first-order chi connectivity index (χ1) is 10.0. The Morgan fingerprint density at radius 1 is 1.43 bits per heavy atom. The number of hydrogen-bond acceptors (Lipinski definition) is 5. The largest absolute Gasteiger partial charge is 0.495 e. The SMILES string of the molecule is CCN(CCOC)C(C)C(=O)Nc1cc(N)ccc1OC. The summed E-state index contributed by atoms with van der Waals surface area (Å²) in [6.07, 6.45) is 0. The Morgan fingerprint density at radius 3 is 2.71 bits per heavy atom. The van der Waals surface area contributed by atoms with Gasteiger partial charge in [-0.1, -0.05) is 6.92 Å². The topological polar surface area (TPSA) is 76.8 Å². The minimum Gasteiger partial charge on any atom is -0.495 e. The van der Waals surface area contributed by atoms with E-state index in [0.29, 0.717) is 30.3 Å². The highest BCUT2D eigenvalue weighted by molar-refractivity contribution is 5.96. The number of nitrogens with one attached hydrogen (secondary N) is 1. The van der Waals surface area contributed by atoms with Crippen LogP contribution in [0.25, 0.3) is 0 Å². The van der Waals surface area contributed by atoms with Crippen LogP contribution in [-0.4, -0.2) is 50.8 Å². The zero-order valence-corrected chi connectivity index (χ0v) is 13.2. The molecule has 0 bridgehead atoms. The summed E-state index contributed by atoms with van der Waals surface area (Å²) < 4.78 is 10.3. The summed E-state index contributed by atoms with van der Waals surface area (Å²) in [5.41, 5.74) is 6.91. The summed E-state index contributed by atoms with van der Waals surface area (Å²) in [6.45, 7) is 5.95. The smallest absolute Gasteiger partial charge is 0.241 e. The van der Waals surface area contributed by atoms with Crippen molar-refractivity contribution in [3.05, 3.63) is 18.2 Å². The van der Waals surface area contributed by atoms with Gasteiger partial charge in [0.15, 0.2) is 0 Å². The zero-order valence-electron chi connectivity index (χ0n) is 13.2. The van der Waals surface area contributed by atoms with Crippen molar-refractivity contribution in [1.29, 1.82) is 0 Å². The molecule has 1 atom stereocenters. The lowest BCUT2D eigenvalue weighted by atomic mass is 10.2.